The molecular formula is C13H19NO3. The summed E-state index contributed by atoms with van der Waals surface area (Å²) in [6, 6.07) is 1.79. The lowest BCUT2D eigenvalue weighted by atomic mass is 9.98. The second-order valence-corrected chi connectivity index (χ2v) is 4.77. The zero-order valence-electron chi connectivity index (χ0n) is 10.4. The highest BCUT2D eigenvalue weighted by Crippen LogP contribution is 2.21. The summed E-state index contributed by atoms with van der Waals surface area (Å²) in [6.45, 7) is 5.25. The van der Waals surface area contributed by atoms with Crippen molar-refractivity contribution in [3.8, 4) is 0 Å². The highest BCUT2D eigenvalue weighted by atomic mass is 16.3. The summed E-state index contributed by atoms with van der Waals surface area (Å²) in [5, 5.41) is 9.16. The molecule has 0 aliphatic carbocycles. The Labute approximate surface area is 101 Å². The summed E-state index contributed by atoms with van der Waals surface area (Å²) in [7, 11) is 0. The van der Waals surface area contributed by atoms with Crippen molar-refractivity contribution in [3.05, 3.63) is 23.2 Å². The maximum absolute atomic E-state index is 12.3. The molecule has 1 aliphatic rings. The van der Waals surface area contributed by atoms with Gasteiger partial charge in [-0.1, -0.05) is 0 Å². The van der Waals surface area contributed by atoms with Crippen molar-refractivity contribution in [2.24, 2.45) is 5.92 Å². The summed E-state index contributed by atoms with van der Waals surface area (Å²) in [5.74, 6) is 1.69. The van der Waals surface area contributed by atoms with Gasteiger partial charge in [-0.15, -0.1) is 0 Å². The van der Waals surface area contributed by atoms with Crippen LogP contribution in [0.25, 0.3) is 0 Å². The van der Waals surface area contributed by atoms with Crippen LogP contribution in [-0.4, -0.2) is 35.6 Å². The monoisotopic (exact) mass is 237 g/mol. The molecule has 4 heteroatoms. The van der Waals surface area contributed by atoms with Crippen molar-refractivity contribution in [1.29, 1.82) is 0 Å². The Morgan fingerprint density at radius 1 is 1.59 bits per heavy atom. The van der Waals surface area contributed by atoms with Crippen LogP contribution in [0.1, 0.15) is 34.7 Å². The molecule has 1 N–H and O–H groups in total. The molecule has 0 radical (unpaired) electrons. The van der Waals surface area contributed by atoms with Crippen molar-refractivity contribution in [3.63, 3.8) is 0 Å². The van der Waals surface area contributed by atoms with Crippen LogP contribution in [0.4, 0.5) is 0 Å². The van der Waals surface area contributed by atoms with Crippen molar-refractivity contribution in [2.45, 2.75) is 26.7 Å². The molecule has 4 nitrogen and oxygen atoms in total. The van der Waals surface area contributed by atoms with E-state index < -0.39 is 0 Å². The number of likely N-dealkylation sites (tertiary alicyclic amines) is 1. The van der Waals surface area contributed by atoms with Gasteiger partial charge >= 0.3 is 0 Å². The molecule has 0 unspecified atom stereocenters. The molecule has 0 bridgehead atoms. The quantitative estimate of drug-likeness (QED) is 0.852. The highest BCUT2D eigenvalue weighted by Gasteiger charge is 2.26. The van der Waals surface area contributed by atoms with E-state index in [-0.39, 0.29) is 18.4 Å². The normalized spacial score (nSPS) is 20.6. The van der Waals surface area contributed by atoms with Gasteiger partial charge in [-0.05, 0) is 38.7 Å². The Bertz CT molecular complexity index is 411. The van der Waals surface area contributed by atoms with Gasteiger partial charge in [0.05, 0.1) is 5.56 Å². The molecular weight excluding hydrogens is 218 g/mol. The average molecular weight is 237 g/mol. The molecule has 17 heavy (non-hydrogen) atoms. The maximum atomic E-state index is 12.3. The van der Waals surface area contributed by atoms with Crippen LogP contribution in [0.2, 0.25) is 0 Å². The Kier molecular flexibility index (Phi) is 3.52. The third kappa shape index (κ3) is 2.52. The Balaban J connectivity index is 2.12. The first-order valence-corrected chi connectivity index (χ1v) is 6.09. The van der Waals surface area contributed by atoms with Crippen LogP contribution < -0.4 is 0 Å². The molecule has 1 atom stereocenters. The van der Waals surface area contributed by atoms with E-state index in [1.165, 1.54) is 0 Å². The summed E-state index contributed by atoms with van der Waals surface area (Å²) in [6.07, 6.45) is 1.97. The number of piperidine rings is 1. The summed E-state index contributed by atoms with van der Waals surface area (Å²) in [4.78, 5) is 14.1. The molecule has 0 spiro atoms. The van der Waals surface area contributed by atoms with E-state index >= 15 is 0 Å². The molecule has 0 aromatic carbocycles. The summed E-state index contributed by atoms with van der Waals surface area (Å²) in [5.41, 5.74) is 0.654. The average Bonchev–Trinajstić information content (AvgIpc) is 2.67. The number of carbonyl (C=O) groups is 1. The Hall–Kier alpha value is -1.29. The van der Waals surface area contributed by atoms with Crippen LogP contribution in [0, 0.1) is 19.8 Å². The highest BCUT2D eigenvalue weighted by molar-refractivity contribution is 5.95. The molecule has 94 valence electrons. The zero-order valence-corrected chi connectivity index (χ0v) is 10.4. The van der Waals surface area contributed by atoms with Gasteiger partial charge in [0, 0.05) is 19.7 Å². The van der Waals surface area contributed by atoms with E-state index in [0.29, 0.717) is 17.9 Å². The van der Waals surface area contributed by atoms with Gasteiger partial charge in [0.2, 0.25) is 0 Å². The topological polar surface area (TPSA) is 53.7 Å². The van der Waals surface area contributed by atoms with Crippen molar-refractivity contribution in [2.75, 3.05) is 19.7 Å². The van der Waals surface area contributed by atoms with Gasteiger partial charge < -0.3 is 14.4 Å². The first kappa shape index (κ1) is 12.2. The van der Waals surface area contributed by atoms with Crippen molar-refractivity contribution >= 4 is 5.91 Å². The molecule has 2 rings (SSSR count). The predicted octanol–water partition coefficient (Wildman–Crippen LogP) is 1.74. The van der Waals surface area contributed by atoms with Gasteiger partial charge in [-0.25, -0.2) is 0 Å². The first-order valence-electron chi connectivity index (χ1n) is 6.09. The smallest absolute Gasteiger partial charge is 0.257 e. The van der Waals surface area contributed by atoms with Crippen LogP contribution in [-0.2, 0) is 0 Å². The fourth-order valence-corrected chi connectivity index (χ4v) is 2.41. The molecule has 1 saturated heterocycles. The van der Waals surface area contributed by atoms with E-state index in [4.69, 9.17) is 9.52 Å². The number of hydrogen-bond donors (Lipinski definition) is 1. The number of amides is 1. The van der Waals surface area contributed by atoms with Crippen molar-refractivity contribution in [1.82, 2.24) is 4.90 Å². The van der Waals surface area contributed by atoms with Gasteiger partial charge in [0.1, 0.15) is 11.5 Å². The van der Waals surface area contributed by atoms with E-state index in [2.05, 4.69) is 0 Å². The van der Waals surface area contributed by atoms with Crippen LogP contribution in [0.5, 0.6) is 0 Å². The van der Waals surface area contributed by atoms with Crippen LogP contribution in [0.3, 0.4) is 0 Å². The SMILES string of the molecule is Cc1cc(C(=O)N2CCC[C@@H](CO)C2)c(C)o1. The van der Waals surface area contributed by atoms with Crippen LogP contribution >= 0.6 is 0 Å². The number of rotatable bonds is 2. The number of aliphatic hydroxyl groups is 1. The number of carbonyl (C=O) groups excluding carboxylic acids is 1. The van der Waals surface area contributed by atoms with Gasteiger partial charge in [0.25, 0.3) is 5.91 Å². The lowest BCUT2D eigenvalue weighted by Gasteiger charge is -2.31. The number of nitrogens with zero attached hydrogens (tertiary/aromatic N) is 1. The summed E-state index contributed by atoms with van der Waals surface area (Å²) >= 11 is 0. The number of aliphatic hydroxyl groups excluding tert-OH is 1. The minimum Gasteiger partial charge on any atom is -0.466 e. The first-order chi connectivity index (χ1) is 8.11. The second kappa shape index (κ2) is 4.92. The van der Waals surface area contributed by atoms with Crippen LogP contribution in [0.15, 0.2) is 10.5 Å². The standard InChI is InChI=1S/C13H19NO3/c1-9-6-12(10(2)17-9)13(16)14-5-3-4-11(7-14)8-15/h6,11,15H,3-5,7-8H2,1-2H3/t11-/m1/s1. The fraction of sp³-hybridized carbons (Fsp3) is 0.615. The number of furan rings is 1. The van der Waals surface area contributed by atoms with E-state index in [9.17, 15) is 4.79 Å². The summed E-state index contributed by atoms with van der Waals surface area (Å²) < 4.78 is 5.38. The largest absolute Gasteiger partial charge is 0.466 e. The lowest BCUT2D eigenvalue weighted by Crippen LogP contribution is -2.41. The third-order valence-corrected chi connectivity index (χ3v) is 3.34. The molecule has 0 saturated carbocycles. The lowest BCUT2D eigenvalue weighted by molar-refractivity contribution is 0.0619. The van der Waals surface area contributed by atoms with E-state index in [0.717, 1.165) is 25.1 Å². The minimum atomic E-state index is 0.0255. The van der Waals surface area contributed by atoms with Gasteiger partial charge in [-0.3, -0.25) is 4.79 Å². The van der Waals surface area contributed by atoms with Crippen molar-refractivity contribution < 1.29 is 14.3 Å². The zero-order chi connectivity index (χ0) is 12.4. The van der Waals surface area contributed by atoms with Gasteiger partial charge in [0.15, 0.2) is 0 Å². The molecule has 1 amide bonds. The molecule has 1 aromatic rings. The predicted molar refractivity (Wildman–Crippen MR) is 63.9 cm³/mol. The fourth-order valence-electron chi connectivity index (χ4n) is 2.41. The third-order valence-electron chi connectivity index (χ3n) is 3.34. The maximum Gasteiger partial charge on any atom is 0.257 e. The minimum absolute atomic E-state index is 0.0255. The number of hydrogen-bond acceptors (Lipinski definition) is 3. The Morgan fingerprint density at radius 2 is 2.35 bits per heavy atom. The number of aryl methyl sites for hydroxylation is 2. The Morgan fingerprint density at radius 3 is 2.94 bits per heavy atom. The van der Waals surface area contributed by atoms with E-state index in [1.807, 2.05) is 18.7 Å². The van der Waals surface area contributed by atoms with Gasteiger partial charge in [-0.2, -0.15) is 0 Å². The van der Waals surface area contributed by atoms with E-state index in [1.54, 1.807) is 6.07 Å². The molecule has 1 fully saturated rings. The molecule has 1 aromatic heterocycles. The molecule has 2 heterocycles. The second-order valence-electron chi connectivity index (χ2n) is 4.77. The molecule has 1 aliphatic heterocycles.